The van der Waals surface area contributed by atoms with Crippen molar-refractivity contribution < 1.29 is 9.90 Å². The SMILES string of the molecule is CC(Cc1cc2ccccc2n1CC1CCC1)C(=O)O. The molecule has 1 heterocycles. The predicted octanol–water partition coefficient (Wildman–Crippen LogP) is 3.70. The lowest BCUT2D eigenvalue weighted by molar-refractivity contribution is -0.141. The summed E-state index contributed by atoms with van der Waals surface area (Å²) < 4.78 is 2.35. The molecule has 1 unspecified atom stereocenters. The molecule has 1 fully saturated rings. The maximum atomic E-state index is 11.1. The van der Waals surface area contributed by atoms with E-state index in [-0.39, 0.29) is 5.92 Å². The highest BCUT2D eigenvalue weighted by molar-refractivity contribution is 5.81. The van der Waals surface area contributed by atoms with E-state index in [2.05, 4.69) is 28.8 Å². The highest BCUT2D eigenvalue weighted by Crippen LogP contribution is 2.31. The highest BCUT2D eigenvalue weighted by Gasteiger charge is 2.22. The second-order valence-corrected chi connectivity index (χ2v) is 6.05. The van der Waals surface area contributed by atoms with Gasteiger partial charge in [0.25, 0.3) is 0 Å². The Labute approximate surface area is 119 Å². The minimum absolute atomic E-state index is 0.334. The summed E-state index contributed by atoms with van der Waals surface area (Å²) in [6.07, 6.45) is 4.56. The van der Waals surface area contributed by atoms with Crippen molar-refractivity contribution >= 4 is 16.9 Å². The van der Waals surface area contributed by atoms with E-state index in [1.165, 1.54) is 30.2 Å². The smallest absolute Gasteiger partial charge is 0.306 e. The van der Waals surface area contributed by atoms with Crippen LogP contribution in [0.3, 0.4) is 0 Å². The quantitative estimate of drug-likeness (QED) is 0.900. The molecule has 1 aliphatic rings. The number of carbonyl (C=O) groups is 1. The fourth-order valence-electron chi connectivity index (χ4n) is 2.99. The van der Waals surface area contributed by atoms with Crippen LogP contribution >= 0.6 is 0 Å². The first-order valence-electron chi connectivity index (χ1n) is 7.45. The molecule has 20 heavy (non-hydrogen) atoms. The standard InChI is InChI=1S/C17H21NO2/c1-12(17(19)20)9-15-10-14-7-2-3-8-16(14)18(15)11-13-5-4-6-13/h2-3,7-8,10,12-13H,4-6,9,11H2,1H3,(H,19,20). The Morgan fingerprint density at radius 3 is 2.80 bits per heavy atom. The lowest BCUT2D eigenvalue weighted by Gasteiger charge is -2.27. The second kappa shape index (κ2) is 5.31. The third kappa shape index (κ3) is 2.45. The number of aromatic nitrogens is 1. The Morgan fingerprint density at radius 2 is 2.15 bits per heavy atom. The van der Waals surface area contributed by atoms with E-state index in [1.807, 2.05) is 6.07 Å². The molecule has 1 aliphatic carbocycles. The van der Waals surface area contributed by atoms with E-state index in [0.717, 1.165) is 18.2 Å². The maximum absolute atomic E-state index is 11.1. The van der Waals surface area contributed by atoms with Gasteiger partial charge in [0.05, 0.1) is 5.92 Å². The normalized spacial score (nSPS) is 17.1. The Bertz CT molecular complexity index is 625. The van der Waals surface area contributed by atoms with Crippen molar-refractivity contribution in [2.24, 2.45) is 11.8 Å². The number of hydrogen-bond acceptors (Lipinski definition) is 1. The Morgan fingerprint density at radius 1 is 1.40 bits per heavy atom. The van der Waals surface area contributed by atoms with Crippen molar-refractivity contribution in [3.05, 3.63) is 36.0 Å². The monoisotopic (exact) mass is 271 g/mol. The molecule has 2 aromatic rings. The Kier molecular flexibility index (Phi) is 3.51. The average Bonchev–Trinajstić information content (AvgIpc) is 2.71. The molecule has 0 saturated heterocycles. The zero-order chi connectivity index (χ0) is 14.1. The minimum Gasteiger partial charge on any atom is -0.481 e. The molecular formula is C17H21NO2. The van der Waals surface area contributed by atoms with E-state index in [9.17, 15) is 4.79 Å². The van der Waals surface area contributed by atoms with E-state index in [1.54, 1.807) is 6.92 Å². The fourth-order valence-corrected chi connectivity index (χ4v) is 2.99. The summed E-state index contributed by atoms with van der Waals surface area (Å²) >= 11 is 0. The molecule has 3 rings (SSSR count). The van der Waals surface area contributed by atoms with Crippen LogP contribution in [0.25, 0.3) is 10.9 Å². The van der Waals surface area contributed by atoms with Gasteiger partial charge in [0.15, 0.2) is 0 Å². The van der Waals surface area contributed by atoms with Gasteiger partial charge in [-0.05, 0) is 36.3 Å². The zero-order valence-electron chi connectivity index (χ0n) is 11.9. The molecule has 0 aliphatic heterocycles. The first-order valence-corrected chi connectivity index (χ1v) is 7.45. The molecule has 1 aromatic carbocycles. The van der Waals surface area contributed by atoms with Crippen molar-refractivity contribution in [2.45, 2.75) is 39.2 Å². The largest absolute Gasteiger partial charge is 0.481 e. The summed E-state index contributed by atoms with van der Waals surface area (Å²) in [6, 6.07) is 10.5. The molecule has 0 spiro atoms. The molecule has 3 nitrogen and oxygen atoms in total. The van der Waals surface area contributed by atoms with Crippen LogP contribution in [0.5, 0.6) is 0 Å². The number of rotatable bonds is 5. The fraction of sp³-hybridized carbons (Fsp3) is 0.471. The third-order valence-electron chi connectivity index (χ3n) is 4.50. The van der Waals surface area contributed by atoms with Crippen LogP contribution in [-0.4, -0.2) is 15.6 Å². The summed E-state index contributed by atoms with van der Waals surface area (Å²) in [7, 11) is 0. The molecule has 1 atom stereocenters. The van der Waals surface area contributed by atoms with E-state index < -0.39 is 5.97 Å². The molecule has 0 radical (unpaired) electrons. The maximum Gasteiger partial charge on any atom is 0.306 e. The number of carboxylic acid groups (broad SMARTS) is 1. The van der Waals surface area contributed by atoms with Crippen LogP contribution in [0, 0.1) is 11.8 Å². The first kappa shape index (κ1) is 13.2. The molecule has 106 valence electrons. The molecular weight excluding hydrogens is 250 g/mol. The molecule has 1 N–H and O–H groups in total. The lowest BCUT2D eigenvalue weighted by atomic mass is 9.85. The van der Waals surface area contributed by atoms with Gasteiger partial charge in [-0.2, -0.15) is 0 Å². The summed E-state index contributed by atoms with van der Waals surface area (Å²) in [5, 5.41) is 10.4. The number of hydrogen-bond donors (Lipinski definition) is 1. The topological polar surface area (TPSA) is 42.2 Å². The van der Waals surface area contributed by atoms with E-state index in [0.29, 0.717) is 6.42 Å². The molecule has 0 amide bonds. The third-order valence-corrected chi connectivity index (χ3v) is 4.50. The van der Waals surface area contributed by atoms with Gasteiger partial charge in [-0.15, -0.1) is 0 Å². The van der Waals surface area contributed by atoms with Gasteiger partial charge in [-0.25, -0.2) is 0 Å². The predicted molar refractivity (Wildman–Crippen MR) is 79.8 cm³/mol. The summed E-state index contributed by atoms with van der Waals surface area (Å²) in [5.74, 6) is -0.283. The number of aliphatic carboxylic acids is 1. The van der Waals surface area contributed by atoms with Gasteiger partial charge in [0.2, 0.25) is 0 Å². The Balaban J connectivity index is 1.95. The first-order chi connectivity index (χ1) is 9.65. The van der Waals surface area contributed by atoms with Crippen LogP contribution in [0.1, 0.15) is 31.9 Å². The van der Waals surface area contributed by atoms with Gasteiger partial charge in [-0.1, -0.05) is 31.5 Å². The van der Waals surface area contributed by atoms with Crippen LogP contribution in [0.2, 0.25) is 0 Å². The average molecular weight is 271 g/mol. The molecule has 0 bridgehead atoms. The van der Waals surface area contributed by atoms with Crippen molar-refractivity contribution in [2.75, 3.05) is 0 Å². The Hall–Kier alpha value is -1.77. The van der Waals surface area contributed by atoms with E-state index >= 15 is 0 Å². The lowest BCUT2D eigenvalue weighted by Crippen LogP contribution is -2.21. The van der Waals surface area contributed by atoms with Crippen molar-refractivity contribution in [3.8, 4) is 0 Å². The van der Waals surface area contributed by atoms with Crippen molar-refractivity contribution in [3.63, 3.8) is 0 Å². The van der Waals surface area contributed by atoms with Crippen molar-refractivity contribution in [1.82, 2.24) is 4.57 Å². The van der Waals surface area contributed by atoms with Gasteiger partial charge in [0.1, 0.15) is 0 Å². The number of carboxylic acids is 1. The van der Waals surface area contributed by atoms with Crippen LogP contribution < -0.4 is 0 Å². The summed E-state index contributed by atoms with van der Waals surface area (Å²) in [6.45, 7) is 2.82. The van der Waals surface area contributed by atoms with E-state index in [4.69, 9.17) is 5.11 Å². The number of benzene rings is 1. The van der Waals surface area contributed by atoms with Gasteiger partial charge >= 0.3 is 5.97 Å². The summed E-state index contributed by atoms with van der Waals surface area (Å²) in [5.41, 5.74) is 2.40. The van der Waals surface area contributed by atoms with Crippen LogP contribution in [-0.2, 0) is 17.8 Å². The summed E-state index contributed by atoms with van der Waals surface area (Å²) in [4.78, 5) is 11.1. The molecule has 1 saturated carbocycles. The zero-order valence-corrected chi connectivity index (χ0v) is 11.9. The van der Waals surface area contributed by atoms with Crippen LogP contribution in [0.4, 0.5) is 0 Å². The second-order valence-electron chi connectivity index (χ2n) is 6.05. The molecule has 3 heteroatoms. The number of nitrogens with zero attached hydrogens (tertiary/aromatic N) is 1. The highest BCUT2D eigenvalue weighted by atomic mass is 16.4. The van der Waals surface area contributed by atoms with Gasteiger partial charge in [0, 0.05) is 24.2 Å². The van der Waals surface area contributed by atoms with Gasteiger partial charge in [-0.3, -0.25) is 4.79 Å². The van der Waals surface area contributed by atoms with Crippen molar-refractivity contribution in [1.29, 1.82) is 0 Å². The number of para-hydroxylation sites is 1. The molecule has 1 aromatic heterocycles. The number of fused-ring (bicyclic) bond motifs is 1. The van der Waals surface area contributed by atoms with Gasteiger partial charge < -0.3 is 9.67 Å². The van der Waals surface area contributed by atoms with Crippen LogP contribution in [0.15, 0.2) is 30.3 Å². The minimum atomic E-state index is -0.717.